The lowest BCUT2D eigenvalue weighted by molar-refractivity contribution is 0.712. The number of benzene rings is 1. The highest BCUT2D eigenvalue weighted by atomic mass is 15.3. The third-order valence-electron chi connectivity index (χ3n) is 3.53. The van der Waals surface area contributed by atoms with Crippen LogP contribution in [0.5, 0.6) is 0 Å². The smallest absolute Gasteiger partial charge is 0.152 e. The van der Waals surface area contributed by atoms with Gasteiger partial charge in [-0.1, -0.05) is 19.1 Å². The molecule has 3 rings (SSSR count). The molecule has 0 spiro atoms. The minimum Gasteiger partial charge on any atom is -0.340 e. The standard InChI is InChI=1S/C15H19N5/c1-3-16-9-12-4-5-13-6-7-20(14(13)8-12)10-15-18-17-11-19(15)2/h4-8,11,16H,3,9-10H2,1-2H3. The highest BCUT2D eigenvalue weighted by Gasteiger charge is 2.06. The fourth-order valence-electron chi connectivity index (χ4n) is 2.35. The van der Waals surface area contributed by atoms with Gasteiger partial charge in [-0.2, -0.15) is 0 Å². The highest BCUT2D eigenvalue weighted by Crippen LogP contribution is 2.18. The van der Waals surface area contributed by atoms with E-state index in [1.807, 2.05) is 11.6 Å². The number of aromatic nitrogens is 4. The number of aryl methyl sites for hydroxylation is 1. The Bertz CT molecular complexity index is 710. The molecule has 0 atom stereocenters. The normalized spacial score (nSPS) is 11.3. The van der Waals surface area contributed by atoms with Crippen LogP contribution in [-0.4, -0.2) is 25.9 Å². The molecular weight excluding hydrogens is 250 g/mol. The first-order valence-corrected chi connectivity index (χ1v) is 6.89. The molecule has 0 aliphatic carbocycles. The molecule has 0 saturated heterocycles. The van der Waals surface area contributed by atoms with Crippen molar-refractivity contribution >= 4 is 10.9 Å². The summed E-state index contributed by atoms with van der Waals surface area (Å²) in [4.78, 5) is 0. The van der Waals surface area contributed by atoms with Crippen molar-refractivity contribution in [3.8, 4) is 0 Å². The Morgan fingerprint density at radius 3 is 2.90 bits per heavy atom. The van der Waals surface area contributed by atoms with Gasteiger partial charge in [0.1, 0.15) is 6.33 Å². The molecule has 0 radical (unpaired) electrons. The lowest BCUT2D eigenvalue weighted by Gasteiger charge is -2.07. The number of rotatable bonds is 5. The zero-order valence-electron chi connectivity index (χ0n) is 11.9. The van der Waals surface area contributed by atoms with E-state index in [9.17, 15) is 0 Å². The summed E-state index contributed by atoms with van der Waals surface area (Å²) in [5.74, 6) is 0.958. The second-order valence-corrected chi connectivity index (χ2v) is 4.98. The molecule has 5 heteroatoms. The molecular formula is C15H19N5. The first kappa shape index (κ1) is 12.9. The summed E-state index contributed by atoms with van der Waals surface area (Å²) in [5.41, 5.74) is 2.54. The number of nitrogens with one attached hydrogen (secondary N) is 1. The summed E-state index contributed by atoms with van der Waals surface area (Å²) in [7, 11) is 1.97. The fraction of sp³-hybridized carbons (Fsp3) is 0.333. The van der Waals surface area contributed by atoms with Crippen LogP contribution in [0.4, 0.5) is 0 Å². The van der Waals surface area contributed by atoms with Gasteiger partial charge in [0.05, 0.1) is 6.54 Å². The van der Waals surface area contributed by atoms with E-state index in [2.05, 4.69) is 57.5 Å². The van der Waals surface area contributed by atoms with Crippen LogP contribution in [0.2, 0.25) is 0 Å². The molecule has 0 saturated carbocycles. The molecule has 0 bridgehead atoms. The van der Waals surface area contributed by atoms with Crippen LogP contribution in [-0.2, 0) is 20.1 Å². The van der Waals surface area contributed by atoms with Gasteiger partial charge in [0.25, 0.3) is 0 Å². The maximum atomic E-state index is 4.15. The van der Waals surface area contributed by atoms with Gasteiger partial charge in [-0.15, -0.1) is 10.2 Å². The number of hydrogen-bond donors (Lipinski definition) is 1. The summed E-state index contributed by atoms with van der Waals surface area (Å²) in [6, 6.07) is 8.74. The molecule has 0 aliphatic rings. The van der Waals surface area contributed by atoms with Crippen LogP contribution in [0.1, 0.15) is 18.3 Å². The predicted molar refractivity (Wildman–Crippen MR) is 79.4 cm³/mol. The van der Waals surface area contributed by atoms with E-state index in [0.29, 0.717) is 0 Å². The van der Waals surface area contributed by atoms with Crippen molar-refractivity contribution in [1.82, 2.24) is 24.6 Å². The van der Waals surface area contributed by atoms with Gasteiger partial charge in [-0.05, 0) is 29.6 Å². The van der Waals surface area contributed by atoms with Crippen molar-refractivity contribution in [2.24, 2.45) is 7.05 Å². The Morgan fingerprint density at radius 1 is 1.25 bits per heavy atom. The molecule has 1 N–H and O–H groups in total. The van der Waals surface area contributed by atoms with Crippen LogP contribution >= 0.6 is 0 Å². The molecule has 2 aromatic heterocycles. The van der Waals surface area contributed by atoms with Gasteiger partial charge in [0.2, 0.25) is 0 Å². The molecule has 5 nitrogen and oxygen atoms in total. The topological polar surface area (TPSA) is 47.7 Å². The van der Waals surface area contributed by atoms with E-state index < -0.39 is 0 Å². The fourth-order valence-corrected chi connectivity index (χ4v) is 2.35. The van der Waals surface area contributed by atoms with Crippen LogP contribution in [0, 0.1) is 0 Å². The molecule has 0 fully saturated rings. The molecule has 0 amide bonds. The first-order valence-electron chi connectivity index (χ1n) is 6.89. The van der Waals surface area contributed by atoms with Crippen LogP contribution in [0.15, 0.2) is 36.8 Å². The van der Waals surface area contributed by atoms with E-state index in [-0.39, 0.29) is 0 Å². The first-order chi connectivity index (χ1) is 9.78. The highest BCUT2D eigenvalue weighted by molar-refractivity contribution is 5.80. The zero-order valence-corrected chi connectivity index (χ0v) is 11.9. The Balaban J connectivity index is 1.92. The van der Waals surface area contributed by atoms with Gasteiger partial charge in [-0.25, -0.2) is 0 Å². The number of nitrogens with zero attached hydrogens (tertiary/aromatic N) is 4. The van der Waals surface area contributed by atoms with Crippen LogP contribution in [0.3, 0.4) is 0 Å². The van der Waals surface area contributed by atoms with Crippen LogP contribution in [0.25, 0.3) is 10.9 Å². The summed E-state index contributed by atoms with van der Waals surface area (Å²) in [5, 5.41) is 12.7. The molecule has 104 valence electrons. The third-order valence-corrected chi connectivity index (χ3v) is 3.53. The average molecular weight is 269 g/mol. The van der Waals surface area contributed by atoms with Crippen molar-refractivity contribution in [1.29, 1.82) is 0 Å². The van der Waals surface area contributed by atoms with Crippen molar-refractivity contribution < 1.29 is 0 Å². The molecule has 3 aromatic rings. The van der Waals surface area contributed by atoms with Gasteiger partial charge < -0.3 is 14.5 Å². The summed E-state index contributed by atoms with van der Waals surface area (Å²) >= 11 is 0. The molecule has 20 heavy (non-hydrogen) atoms. The molecule has 1 aromatic carbocycles. The summed E-state index contributed by atoms with van der Waals surface area (Å²) < 4.78 is 4.17. The van der Waals surface area contributed by atoms with E-state index in [0.717, 1.165) is 25.5 Å². The maximum absolute atomic E-state index is 4.15. The zero-order chi connectivity index (χ0) is 13.9. The van der Waals surface area contributed by atoms with E-state index in [1.165, 1.54) is 16.5 Å². The molecule has 0 aliphatic heterocycles. The van der Waals surface area contributed by atoms with Gasteiger partial charge in [0.15, 0.2) is 5.82 Å². The predicted octanol–water partition coefficient (Wildman–Crippen LogP) is 1.93. The second-order valence-electron chi connectivity index (χ2n) is 4.98. The van der Waals surface area contributed by atoms with Crippen molar-refractivity contribution in [3.05, 3.63) is 48.2 Å². The van der Waals surface area contributed by atoms with Crippen molar-refractivity contribution in [2.45, 2.75) is 20.0 Å². The van der Waals surface area contributed by atoms with Crippen molar-refractivity contribution in [3.63, 3.8) is 0 Å². The monoisotopic (exact) mass is 269 g/mol. The lowest BCUT2D eigenvalue weighted by atomic mass is 10.1. The quantitative estimate of drug-likeness (QED) is 0.770. The Labute approximate surface area is 118 Å². The lowest BCUT2D eigenvalue weighted by Crippen LogP contribution is -2.11. The average Bonchev–Trinajstić information content (AvgIpc) is 3.04. The van der Waals surface area contributed by atoms with Gasteiger partial charge in [0, 0.05) is 25.3 Å². The SMILES string of the molecule is CCNCc1ccc2ccn(Cc3nncn3C)c2c1. The maximum Gasteiger partial charge on any atom is 0.152 e. The van der Waals surface area contributed by atoms with Gasteiger partial charge in [-0.3, -0.25) is 0 Å². The van der Waals surface area contributed by atoms with E-state index >= 15 is 0 Å². The van der Waals surface area contributed by atoms with Crippen LogP contribution < -0.4 is 5.32 Å². The summed E-state index contributed by atoms with van der Waals surface area (Å²) in [6.07, 6.45) is 3.84. The van der Waals surface area contributed by atoms with Crippen molar-refractivity contribution in [2.75, 3.05) is 6.54 Å². The minimum atomic E-state index is 0.741. The molecule has 0 unspecified atom stereocenters. The van der Waals surface area contributed by atoms with E-state index in [4.69, 9.17) is 0 Å². The Kier molecular flexibility index (Phi) is 3.52. The second kappa shape index (κ2) is 5.46. The van der Waals surface area contributed by atoms with Gasteiger partial charge >= 0.3 is 0 Å². The minimum absolute atomic E-state index is 0.741. The molecule has 2 heterocycles. The van der Waals surface area contributed by atoms with E-state index in [1.54, 1.807) is 6.33 Å². The Hall–Kier alpha value is -2.14. The largest absolute Gasteiger partial charge is 0.340 e. The third kappa shape index (κ3) is 2.44. The summed E-state index contributed by atoms with van der Waals surface area (Å²) in [6.45, 7) is 4.75. The Morgan fingerprint density at radius 2 is 2.15 bits per heavy atom. The number of hydrogen-bond acceptors (Lipinski definition) is 3. The number of fused-ring (bicyclic) bond motifs is 1.